The van der Waals surface area contributed by atoms with Crippen LogP contribution in [0, 0.1) is 5.82 Å². The van der Waals surface area contributed by atoms with Crippen LogP contribution in [0.3, 0.4) is 0 Å². The summed E-state index contributed by atoms with van der Waals surface area (Å²) in [7, 11) is -3.09. The monoisotopic (exact) mass is 273 g/mol. The standard InChI is InChI=1S/C10H12FN3O3S/c11-8-7(1-3-13-9(8)12)10(15)14-6-2-4-18(16,17)5-6/h1,3,6H,2,4-5H2,(H2,12,13)(H,14,15). The Bertz CT molecular complexity index is 588. The molecule has 1 aromatic heterocycles. The van der Waals surface area contributed by atoms with Crippen molar-refractivity contribution in [2.45, 2.75) is 12.5 Å². The fourth-order valence-corrected chi connectivity index (χ4v) is 3.48. The van der Waals surface area contributed by atoms with Gasteiger partial charge in [-0.1, -0.05) is 0 Å². The van der Waals surface area contributed by atoms with Crippen molar-refractivity contribution >= 4 is 21.6 Å². The average molecular weight is 273 g/mol. The van der Waals surface area contributed by atoms with Crippen molar-refractivity contribution in [3.8, 4) is 0 Å². The molecule has 0 bridgehead atoms. The predicted molar refractivity (Wildman–Crippen MR) is 63.1 cm³/mol. The quantitative estimate of drug-likeness (QED) is 0.771. The van der Waals surface area contributed by atoms with E-state index in [1.165, 1.54) is 12.3 Å². The number of aromatic nitrogens is 1. The normalized spacial score (nSPS) is 21.7. The predicted octanol–water partition coefficient (Wildman–Crippen LogP) is -0.280. The molecule has 2 heterocycles. The van der Waals surface area contributed by atoms with E-state index >= 15 is 0 Å². The van der Waals surface area contributed by atoms with E-state index < -0.39 is 27.6 Å². The third-order valence-electron chi connectivity index (χ3n) is 2.73. The van der Waals surface area contributed by atoms with Crippen LogP contribution in [0.1, 0.15) is 16.8 Å². The number of sulfone groups is 1. The van der Waals surface area contributed by atoms with Crippen molar-refractivity contribution in [3.05, 3.63) is 23.6 Å². The molecule has 0 aromatic carbocycles. The van der Waals surface area contributed by atoms with Crippen molar-refractivity contribution in [2.75, 3.05) is 17.2 Å². The minimum atomic E-state index is -3.09. The molecule has 0 radical (unpaired) electrons. The van der Waals surface area contributed by atoms with Crippen molar-refractivity contribution < 1.29 is 17.6 Å². The molecule has 1 unspecified atom stereocenters. The van der Waals surface area contributed by atoms with Gasteiger partial charge in [0.05, 0.1) is 17.1 Å². The van der Waals surface area contributed by atoms with E-state index in [-0.39, 0.29) is 22.9 Å². The number of rotatable bonds is 2. The van der Waals surface area contributed by atoms with E-state index in [4.69, 9.17) is 5.73 Å². The molecule has 8 heteroatoms. The van der Waals surface area contributed by atoms with Crippen molar-refractivity contribution in [2.24, 2.45) is 0 Å². The molecule has 1 saturated heterocycles. The van der Waals surface area contributed by atoms with Gasteiger partial charge in [0.2, 0.25) is 0 Å². The first-order chi connectivity index (χ1) is 8.39. The zero-order valence-corrected chi connectivity index (χ0v) is 10.2. The summed E-state index contributed by atoms with van der Waals surface area (Å²) >= 11 is 0. The minimum Gasteiger partial charge on any atom is -0.381 e. The Morgan fingerprint density at radius 3 is 2.89 bits per heavy atom. The summed E-state index contributed by atoms with van der Waals surface area (Å²) in [5.74, 6) is -2.00. The summed E-state index contributed by atoms with van der Waals surface area (Å²) in [5, 5.41) is 2.48. The Labute approximate surface area is 103 Å². The second-order valence-electron chi connectivity index (χ2n) is 4.13. The molecular weight excluding hydrogens is 261 g/mol. The van der Waals surface area contributed by atoms with Gasteiger partial charge >= 0.3 is 0 Å². The molecule has 6 nitrogen and oxygen atoms in total. The second-order valence-corrected chi connectivity index (χ2v) is 6.36. The zero-order valence-electron chi connectivity index (χ0n) is 9.39. The molecule has 2 rings (SSSR count). The highest BCUT2D eigenvalue weighted by molar-refractivity contribution is 7.91. The molecule has 1 amide bonds. The minimum absolute atomic E-state index is 0.0406. The maximum atomic E-state index is 13.5. The maximum absolute atomic E-state index is 13.5. The van der Waals surface area contributed by atoms with Gasteiger partial charge in [0, 0.05) is 12.2 Å². The molecule has 1 atom stereocenters. The molecule has 3 N–H and O–H groups in total. The van der Waals surface area contributed by atoms with Crippen LogP contribution in [-0.4, -0.2) is 36.9 Å². The molecule has 0 aliphatic carbocycles. The molecule has 1 aliphatic heterocycles. The Balaban J connectivity index is 2.11. The van der Waals surface area contributed by atoms with Gasteiger partial charge in [0.25, 0.3) is 5.91 Å². The first-order valence-corrected chi connectivity index (χ1v) is 7.12. The molecule has 1 aromatic rings. The molecule has 0 spiro atoms. The molecule has 1 fully saturated rings. The van der Waals surface area contributed by atoms with Crippen molar-refractivity contribution in [1.29, 1.82) is 0 Å². The summed E-state index contributed by atoms with van der Waals surface area (Å²) in [6.07, 6.45) is 1.56. The van der Waals surface area contributed by atoms with Crippen LogP contribution >= 0.6 is 0 Å². The topological polar surface area (TPSA) is 102 Å². The lowest BCUT2D eigenvalue weighted by molar-refractivity contribution is 0.0937. The van der Waals surface area contributed by atoms with Gasteiger partial charge in [-0.25, -0.2) is 17.8 Å². The first kappa shape index (κ1) is 12.7. The van der Waals surface area contributed by atoms with E-state index in [1.807, 2.05) is 0 Å². The smallest absolute Gasteiger partial charge is 0.254 e. The van der Waals surface area contributed by atoms with E-state index in [2.05, 4.69) is 10.3 Å². The lowest BCUT2D eigenvalue weighted by Crippen LogP contribution is -2.36. The number of amides is 1. The fourth-order valence-electron chi connectivity index (χ4n) is 1.81. The molecular formula is C10H12FN3O3S. The SMILES string of the molecule is Nc1nccc(C(=O)NC2CCS(=O)(=O)C2)c1F. The Morgan fingerprint density at radius 2 is 2.28 bits per heavy atom. The number of hydrogen-bond acceptors (Lipinski definition) is 5. The molecule has 1 aliphatic rings. The number of hydrogen-bond donors (Lipinski definition) is 2. The van der Waals surface area contributed by atoms with E-state index in [0.29, 0.717) is 6.42 Å². The summed E-state index contributed by atoms with van der Waals surface area (Å²) < 4.78 is 36.0. The van der Waals surface area contributed by atoms with Gasteiger partial charge in [-0.2, -0.15) is 0 Å². The van der Waals surface area contributed by atoms with Crippen LogP contribution in [0.2, 0.25) is 0 Å². The summed E-state index contributed by atoms with van der Waals surface area (Å²) in [6, 6.07) is 0.723. The van der Waals surface area contributed by atoms with E-state index in [0.717, 1.165) is 0 Å². The number of anilines is 1. The van der Waals surface area contributed by atoms with Crippen LogP contribution in [-0.2, 0) is 9.84 Å². The Hall–Kier alpha value is -1.70. The van der Waals surface area contributed by atoms with Crippen LogP contribution in [0.25, 0.3) is 0 Å². The Morgan fingerprint density at radius 1 is 1.56 bits per heavy atom. The van der Waals surface area contributed by atoms with Gasteiger partial charge < -0.3 is 11.1 Å². The van der Waals surface area contributed by atoms with Gasteiger partial charge in [-0.05, 0) is 12.5 Å². The van der Waals surface area contributed by atoms with Gasteiger partial charge in [-0.15, -0.1) is 0 Å². The summed E-state index contributed by atoms with van der Waals surface area (Å²) in [5.41, 5.74) is 5.02. The highest BCUT2D eigenvalue weighted by atomic mass is 32.2. The number of nitrogens with zero attached hydrogens (tertiary/aromatic N) is 1. The van der Waals surface area contributed by atoms with E-state index in [9.17, 15) is 17.6 Å². The van der Waals surface area contributed by atoms with Crippen molar-refractivity contribution in [1.82, 2.24) is 10.3 Å². The van der Waals surface area contributed by atoms with Crippen LogP contribution in [0.15, 0.2) is 12.3 Å². The Kier molecular flexibility index (Phi) is 3.20. The number of nitrogens with two attached hydrogens (primary N) is 1. The number of nitrogens with one attached hydrogen (secondary N) is 1. The number of carbonyl (C=O) groups excluding carboxylic acids is 1. The number of nitrogen functional groups attached to an aromatic ring is 1. The second kappa shape index (κ2) is 4.52. The molecule has 0 saturated carbocycles. The number of pyridine rings is 1. The molecule has 18 heavy (non-hydrogen) atoms. The largest absolute Gasteiger partial charge is 0.381 e. The van der Waals surface area contributed by atoms with E-state index in [1.54, 1.807) is 0 Å². The van der Waals surface area contributed by atoms with Crippen LogP contribution in [0.4, 0.5) is 10.2 Å². The van der Waals surface area contributed by atoms with Gasteiger partial charge in [0.15, 0.2) is 21.5 Å². The zero-order chi connectivity index (χ0) is 13.3. The van der Waals surface area contributed by atoms with Crippen molar-refractivity contribution in [3.63, 3.8) is 0 Å². The third kappa shape index (κ3) is 2.58. The maximum Gasteiger partial charge on any atom is 0.254 e. The average Bonchev–Trinajstić information content (AvgIpc) is 2.62. The first-order valence-electron chi connectivity index (χ1n) is 5.30. The number of halogens is 1. The van der Waals surface area contributed by atoms with Crippen LogP contribution < -0.4 is 11.1 Å². The van der Waals surface area contributed by atoms with Gasteiger partial charge in [0.1, 0.15) is 0 Å². The highest BCUT2D eigenvalue weighted by Gasteiger charge is 2.29. The molecule has 98 valence electrons. The lowest BCUT2D eigenvalue weighted by atomic mass is 10.2. The highest BCUT2D eigenvalue weighted by Crippen LogP contribution is 2.15. The van der Waals surface area contributed by atoms with Gasteiger partial charge in [-0.3, -0.25) is 4.79 Å². The summed E-state index contributed by atoms with van der Waals surface area (Å²) in [4.78, 5) is 15.3. The fraction of sp³-hybridized carbons (Fsp3) is 0.400. The van der Waals surface area contributed by atoms with Crippen LogP contribution in [0.5, 0.6) is 0 Å². The lowest BCUT2D eigenvalue weighted by Gasteiger charge is -2.11. The number of carbonyl (C=O) groups is 1. The summed E-state index contributed by atoms with van der Waals surface area (Å²) in [6.45, 7) is 0. The third-order valence-corrected chi connectivity index (χ3v) is 4.50.